The summed E-state index contributed by atoms with van der Waals surface area (Å²) in [6.45, 7) is 3.28. The molecule has 1 saturated heterocycles. The number of hydrogen-bond acceptors (Lipinski definition) is 2. The van der Waals surface area contributed by atoms with Crippen LogP contribution in [0.4, 0.5) is 0 Å². The molecule has 1 aliphatic heterocycles. The van der Waals surface area contributed by atoms with Crippen molar-refractivity contribution in [2.24, 2.45) is 0 Å². The predicted octanol–water partition coefficient (Wildman–Crippen LogP) is 1.80. The van der Waals surface area contributed by atoms with E-state index in [1.165, 1.54) is 24.2 Å². The van der Waals surface area contributed by atoms with Gasteiger partial charge in [-0.05, 0) is 31.4 Å². The molecule has 0 aromatic heterocycles. The number of halogens is 2. The molecule has 19 heavy (non-hydrogen) atoms. The molecule has 0 aliphatic carbocycles. The summed E-state index contributed by atoms with van der Waals surface area (Å²) in [5, 5.41) is 11.1. The second-order valence-electron chi connectivity index (χ2n) is 5.05. The van der Waals surface area contributed by atoms with Crippen LogP contribution >= 0.6 is 23.2 Å². The highest BCUT2D eigenvalue weighted by Crippen LogP contribution is 2.27. The summed E-state index contributed by atoms with van der Waals surface area (Å²) in [4.78, 5) is 1.46. The molecular weight excluding hydrogens is 285 g/mol. The number of ether oxygens (including phenoxy) is 1. The zero-order chi connectivity index (χ0) is 13.7. The fraction of sp³-hybridized carbons (Fsp3) is 0.571. The Morgan fingerprint density at radius 3 is 2.68 bits per heavy atom. The largest absolute Gasteiger partial charge is 0.489 e. The second kappa shape index (κ2) is 7.34. The first kappa shape index (κ1) is 14.9. The molecule has 0 radical (unpaired) electrons. The maximum atomic E-state index is 10.0. The van der Waals surface area contributed by atoms with Gasteiger partial charge < -0.3 is 14.7 Å². The summed E-state index contributed by atoms with van der Waals surface area (Å²) in [6, 6.07) is 5.08. The van der Waals surface area contributed by atoms with Gasteiger partial charge >= 0.3 is 0 Å². The van der Waals surface area contributed by atoms with Crippen molar-refractivity contribution in [2.75, 3.05) is 26.2 Å². The van der Waals surface area contributed by atoms with Crippen LogP contribution in [0.3, 0.4) is 0 Å². The summed E-state index contributed by atoms with van der Waals surface area (Å²) >= 11 is 11.9. The van der Waals surface area contributed by atoms with Crippen LogP contribution in [0.2, 0.25) is 10.0 Å². The van der Waals surface area contributed by atoms with Gasteiger partial charge in [0.25, 0.3) is 0 Å². The first-order chi connectivity index (χ1) is 9.15. The molecule has 1 heterocycles. The maximum absolute atomic E-state index is 10.0. The quantitative estimate of drug-likeness (QED) is 0.870. The number of hydrogen-bond donors (Lipinski definition) is 2. The van der Waals surface area contributed by atoms with Crippen LogP contribution in [0, 0.1) is 0 Å². The molecule has 5 heteroatoms. The summed E-state index contributed by atoms with van der Waals surface area (Å²) < 4.78 is 5.54. The predicted molar refractivity (Wildman–Crippen MR) is 77.4 cm³/mol. The molecule has 0 spiro atoms. The lowest BCUT2D eigenvalue weighted by molar-refractivity contribution is -0.908. The Morgan fingerprint density at radius 1 is 1.21 bits per heavy atom. The molecular formula is C14H20Cl2NO2+. The van der Waals surface area contributed by atoms with Gasteiger partial charge in [0, 0.05) is 11.1 Å². The fourth-order valence-corrected chi connectivity index (χ4v) is 2.76. The zero-order valence-electron chi connectivity index (χ0n) is 10.9. The van der Waals surface area contributed by atoms with E-state index in [-0.39, 0.29) is 6.61 Å². The molecule has 1 aliphatic rings. The third-order valence-electron chi connectivity index (χ3n) is 3.41. The molecule has 1 aromatic rings. The molecule has 1 aromatic carbocycles. The fourth-order valence-electron chi connectivity index (χ4n) is 2.42. The highest BCUT2D eigenvalue weighted by Gasteiger charge is 2.18. The number of quaternary nitrogens is 1. The van der Waals surface area contributed by atoms with Crippen LogP contribution < -0.4 is 9.64 Å². The SMILES string of the molecule is O[C@@H](COc1cc(Cl)ccc1Cl)C[NH+]1CCCCC1. The molecule has 3 nitrogen and oxygen atoms in total. The van der Waals surface area contributed by atoms with Gasteiger partial charge in [-0.25, -0.2) is 0 Å². The third-order valence-corrected chi connectivity index (χ3v) is 3.96. The number of aliphatic hydroxyl groups excluding tert-OH is 1. The molecule has 1 atom stereocenters. The summed E-state index contributed by atoms with van der Waals surface area (Å²) in [6.07, 6.45) is 3.35. The van der Waals surface area contributed by atoms with E-state index in [2.05, 4.69) is 0 Å². The Morgan fingerprint density at radius 2 is 1.95 bits per heavy atom. The standard InChI is InChI=1S/C14H19Cl2NO2/c15-11-4-5-13(16)14(8-11)19-10-12(18)9-17-6-2-1-3-7-17/h4-5,8,12,18H,1-3,6-7,9-10H2/p+1/t12-/m1/s1. The number of rotatable bonds is 5. The van der Waals surface area contributed by atoms with Crippen molar-refractivity contribution >= 4 is 23.2 Å². The van der Waals surface area contributed by atoms with Gasteiger partial charge in [-0.15, -0.1) is 0 Å². The average Bonchev–Trinajstić information content (AvgIpc) is 2.41. The van der Waals surface area contributed by atoms with Gasteiger partial charge in [0.2, 0.25) is 0 Å². The normalized spacial score (nSPS) is 18.3. The highest BCUT2D eigenvalue weighted by atomic mass is 35.5. The number of piperidine rings is 1. The van der Waals surface area contributed by atoms with Gasteiger partial charge in [-0.1, -0.05) is 23.2 Å². The number of aliphatic hydroxyl groups is 1. The zero-order valence-corrected chi connectivity index (χ0v) is 12.4. The van der Waals surface area contributed by atoms with Crippen molar-refractivity contribution in [3.63, 3.8) is 0 Å². The Balaban J connectivity index is 1.79. The minimum Gasteiger partial charge on any atom is -0.489 e. The van der Waals surface area contributed by atoms with Crippen LogP contribution in [0.1, 0.15) is 19.3 Å². The monoisotopic (exact) mass is 304 g/mol. The Bertz CT molecular complexity index is 408. The topological polar surface area (TPSA) is 33.9 Å². The molecule has 2 N–H and O–H groups in total. The van der Waals surface area contributed by atoms with Crippen LogP contribution in [-0.2, 0) is 0 Å². The van der Waals surface area contributed by atoms with E-state index in [1.807, 2.05) is 0 Å². The van der Waals surface area contributed by atoms with Crippen molar-refractivity contribution in [3.05, 3.63) is 28.2 Å². The van der Waals surface area contributed by atoms with Crippen molar-refractivity contribution in [2.45, 2.75) is 25.4 Å². The minimum absolute atomic E-state index is 0.254. The van der Waals surface area contributed by atoms with Crippen molar-refractivity contribution < 1.29 is 14.7 Å². The van der Waals surface area contributed by atoms with Crippen molar-refractivity contribution in [1.29, 1.82) is 0 Å². The van der Waals surface area contributed by atoms with Crippen LogP contribution in [-0.4, -0.2) is 37.5 Å². The highest BCUT2D eigenvalue weighted by molar-refractivity contribution is 6.34. The lowest BCUT2D eigenvalue weighted by Gasteiger charge is -2.25. The minimum atomic E-state index is -0.469. The molecule has 1 fully saturated rings. The van der Waals surface area contributed by atoms with Gasteiger partial charge in [0.1, 0.15) is 25.0 Å². The number of likely N-dealkylation sites (tertiary alicyclic amines) is 1. The molecule has 106 valence electrons. The molecule has 2 rings (SSSR count). The Labute approximate surface area is 124 Å². The second-order valence-corrected chi connectivity index (χ2v) is 5.90. The maximum Gasteiger partial charge on any atom is 0.139 e. The summed E-state index contributed by atoms with van der Waals surface area (Å²) in [5.74, 6) is 0.530. The molecule has 0 amide bonds. The van der Waals surface area contributed by atoms with Crippen molar-refractivity contribution in [3.8, 4) is 5.75 Å². The van der Waals surface area contributed by atoms with E-state index in [4.69, 9.17) is 27.9 Å². The van der Waals surface area contributed by atoms with Crippen LogP contribution in [0.5, 0.6) is 5.75 Å². The molecule has 0 saturated carbocycles. The van der Waals surface area contributed by atoms with E-state index < -0.39 is 6.10 Å². The van der Waals surface area contributed by atoms with Gasteiger partial charge in [-0.2, -0.15) is 0 Å². The van der Waals surface area contributed by atoms with Gasteiger partial charge in [0.15, 0.2) is 0 Å². The van der Waals surface area contributed by atoms with Gasteiger partial charge in [0.05, 0.1) is 18.1 Å². The third kappa shape index (κ3) is 4.84. The Kier molecular flexibility index (Phi) is 5.76. The summed E-state index contributed by atoms with van der Waals surface area (Å²) in [7, 11) is 0. The first-order valence-electron chi connectivity index (χ1n) is 6.74. The van der Waals surface area contributed by atoms with Crippen LogP contribution in [0.25, 0.3) is 0 Å². The van der Waals surface area contributed by atoms with E-state index in [1.54, 1.807) is 18.2 Å². The van der Waals surface area contributed by atoms with Crippen molar-refractivity contribution in [1.82, 2.24) is 0 Å². The van der Waals surface area contributed by atoms with Gasteiger partial charge in [-0.3, -0.25) is 0 Å². The summed E-state index contributed by atoms with van der Waals surface area (Å²) in [5.41, 5.74) is 0. The first-order valence-corrected chi connectivity index (χ1v) is 7.50. The average molecular weight is 305 g/mol. The molecule has 0 bridgehead atoms. The Hall–Kier alpha value is -0.480. The van der Waals surface area contributed by atoms with E-state index in [9.17, 15) is 5.11 Å². The number of nitrogens with one attached hydrogen (secondary N) is 1. The smallest absolute Gasteiger partial charge is 0.139 e. The lowest BCUT2D eigenvalue weighted by atomic mass is 10.1. The van der Waals surface area contributed by atoms with E-state index in [0.29, 0.717) is 15.8 Å². The molecule has 0 unspecified atom stereocenters. The van der Waals surface area contributed by atoms with Crippen LogP contribution in [0.15, 0.2) is 18.2 Å². The van der Waals surface area contributed by atoms with E-state index >= 15 is 0 Å². The lowest BCUT2D eigenvalue weighted by Crippen LogP contribution is -3.14. The van der Waals surface area contributed by atoms with E-state index in [0.717, 1.165) is 19.6 Å². The number of benzene rings is 1.